The Morgan fingerprint density at radius 1 is 0.660 bits per heavy atom. The number of nitrogens with zero attached hydrogens (tertiary/aromatic N) is 10. The number of nitrogens with one attached hydrogen (secondary N) is 3. The first-order valence-corrected chi connectivity index (χ1v) is 34.4. The summed E-state index contributed by atoms with van der Waals surface area (Å²) in [6, 6.07) is 34.0. The Kier molecular flexibility index (Phi) is 64.9. The van der Waals surface area contributed by atoms with Gasteiger partial charge in [0.25, 0.3) is 11.4 Å². The molecule has 0 amide bonds. The summed E-state index contributed by atoms with van der Waals surface area (Å²) >= 11 is 12.1. The number of aliphatic imine (C=N–C) groups is 2. The number of halogens is 2. The van der Waals surface area contributed by atoms with Gasteiger partial charge in [0.2, 0.25) is 0 Å². The van der Waals surface area contributed by atoms with Crippen molar-refractivity contribution in [2.24, 2.45) is 32.9 Å². The molecule has 35 heteroatoms. The summed E-state index contributed by atoms with van der Waals surface area (Å²) in [7, 11) is 18.3. The maximum Gasteiger partial charge on any atom is 1.00 e. The molecule has 0 radical (unpaired) electrons. The molecule has 0 aromatic heterocycles. The van der Waals surface area contributed by atoms with Gasteiger partial charge < -0.3 is 119 Å². The first-order valence-electron chi connectivity index (χ1n) is 28.9. The zero-order chi connectivity index (χ0) is 74.6. The summed E-state index contributed by atoms with van der Waals surface area (Å²) in [6.07, 6.45) is 1.92. The molecule has 27 nitrogen and oxygen atoms in total. The number of amidine groups is 1. The van der Waals surface area contributed by atoms with Crippen LogP contribution in [0.4, 0.5) is 68.2 Å². The average Bonchev–Trinajstić information content (AvgIpc) is 0.993. The van der Waals surface area contributed by atoms with E-state index in [9.17, 15) is 28.6 Å². The predicted octanol–water partition coefficient (Wildman–Crippen LogP) is 4.57. The number of nitriles is 1. The van der Waals surface area contributed by atoms with Crippen LogP contribution in [0.5, 0.6) is 0 Å². The third-order valence-electron chi connectivity index (χ3n) is 12.9. The number of hydrogen-bond acceptors (Lipinski definition) is 25. The van der Waals surface area contributed by atoms with E-state index < -0.39 is 15.3 Å². The number of thiocarbonyl (C=S) groups is 1. The summed E-state index contributed by atoms with van der Waals surface area (Å²) in [5.41, 5.74) is 48.2. The fourth-order valence-corrected chi connectivity index (χ4v) is 8.37. The van der Waals surface area contributed by atoms with E-state index in [2.05, 4.69) is 153 Å². The SMILES string of the molecule is CI.COS(=O)(=O)OC.CSC(N)=Nc1cccc(N(C)C)c1C.Cc1c(N(C)C)cccc1[N+](=O)[O-].Cc1c(N)cccc1N(C)C.Cc1c(N)cccc1[N+](=O)[O-].Cc1c(NC(N)=S)cccc1N(C)C.Cc1c(NC2=NCCN2)cccc1N(C)C.N#C[S-].NCCN.[CH3-].[I-].[K+].[Ni]. The van der Waals surface area contributed by atoms with Crippen LogP contribution >= 0.6 is 46.6 Å². The Balaban J connectivity index is -0.000000198. The van der Waals surface area contributed by atoms with Gasteiger partial charge in [-0.25, -0.2) is 10.3 Å². The van der Waals surface area contributed by atoms with E-state index in [1.165, 1.54) is 51.9 Å². The second-order valence-corrected chi connectivity index (χ2v) is 23.5. The predicted molar refractivity (Wildman–Crippen MR) is 430 cm³/mol. The standard InChI is InChI=1S/C12H18N4.C11H17N3S.C10H15N3S.C9H12N2O2.C9H14N2.C7H8N2O2.C2H8N2.C2H6O4S.CH3I.CHNS.CH3.HI.K.Ni/c1-9-10(15-12-13-7-8-14-12)5-4-6-11(9)16(2)3;1-8-9(13-11(12)15-4)6-5-7-10(8)14(2)3;1-7-8(12-10(11)14)5-4-6-9(7)13(2)3;1-7-8(10(2)3)5-4-6-9(7)11(12)13;1-7-8(10)5-4-6-9(7)11(2)3;1-5-6(8)3-2-4-7(5)9(10)11;3-1-2-4;1-5-7(3,4)6-2;1-2;2-1-3;;;;/h4-6H,7-8H2,1-3H3,(H2,13,14,15);5-7H,1-4H3,(H2,12,13);4-6H,1-3H3,(H3,11,12,14);4-6H,1-3H3;4-6H,10H2,1-3H3;2-4H,8H2,1H3;1-4H2;1-2H3;1H3;3H;1H3;1H;;/q;;;;;;;;;;-1;;+1;/p-2. The number of nitro benzene ring substituents is 2. The van der Waals surface area contributed by atoms with Crippen molar-refractivity contribution in [3.8, 4) is 5.40 Å². The van der Waals surface area contributed by atoms with Crippen LogP contribution in [0.15, 0.2) is 119 Å². The Labute approximate surface area is 694 Å². The second-order valence-electron chi connectivity index (χ2n) is 20.5. The molecule has 0 unspecified atom stereocenters. The van der Waals surface area contributed by atoms with Gasteiger partial charge in [-0.15, -0.1) is 0 Å². The average molecular weight is 1760 g/mol. The minimum absolute atomic E-state index is 0. The van der Waals surface area contributed by atoms with Crippen LogP contribution in [0.25, 0.3) is 0 Å². The Hall–Kier alpha value is -5.41. The van der Waals surface area contributed by atoms with Gasteiger partial charge in [0.15, 0.2) is 16.2 Å². The largest absolute Gasteiger partial charge is 1.00 e. The molecule has 15 N–H and O–H groups in total. The van der Waals surface area contributed by atoms with Crippen LogP contribution in [-0.4, -0.2) is 157 Å². The monoisotopic (exact) mass is 1760 g/mol. The van der Waals surface area contributed by atoms with Gasteiger partial charge in [-0.1, -0.05) is 76.2 Å². The third-order valence-corrected chi connectivity index (χ3v) is 14.3. The van der Waals surface area contributed by atoms with Crippen molar-refractivity contribution in [1.29, 1.82) is 5.26 Å². The van der Waals surface area contributed by atoms with E-state index in [0.29, 0.717) is 40.2 Å². The zero-order valence-corrected chi connectivity index (χ0v) is 73.3. The fraction of sp³-hybridized carbons (Fsp3) is 0.369. The number of nitrogen functional groups attached to an aromatic ring is 2. The first-order chi connectivity index (χ1) is 45.0. The quantitative estimate of drug-likeness (QED) is 0.00622. The van der Waals surface area contributed by atoms with E-state index in [4.69, 9.17) is 51.9 Å². The molecule has 7 rings (SSSR count). The number of thiocyanates is 1. The van der Waals surface area contributed by atoms with Crippen LogP contribution in [0.3, 0.4) is 0 Å². The number of hydrogen-bond donors (Lipinski definition) is 9. The van der Waals surface area contributed by atoms with Crippen molar-refractivity contribution < 1.29 is 118 Å². The maximum atomic E-state index is 10.6. The molecule has 0 atom stereocenters. The van der Waals surface area contributed by atoms with E-state index in [1.54, 1.807) is 32.0 Å². The van der Waals surface area contributed by atoms with Crippen molar-refractivity contribution in [3.63, 3.8) is 0 Å². The van der Waals surface area contributed by atoms with Crippen LogP contribution < -0.4 is 150 Å². The molecule has 0 saturated carbocycles. The maximum absolute atomic E-state index is 10.6. The molecule has 0 bridgehead atoms. The van der Waals surface area contributed by atoms with Crippen LogP contribution in [-0.2, 0) is 47.9 Å². The van der Waals surface area contributed by atoms with Gasteiger partial charge in [-0.05, 0) is 148 Å². The molecule has 0 spiro atoms. The van der Waals surface area contributed by atoms with Crippen LogP contribution in [0.2, 0.25) is 0 Å². The molecule has 558 valence electrons. The summed E-state index contributed by atoms with van der Waals surface area (Å²) in [5, 5.41) is 39.7. The molecule has 6 aromatic carbocycles. The molecule has 1 aliphatic rings. The summed E-state index contributed by atoms with van der Waals surface area (Å²) in [5.74, 6) is 0.874. The number of alkyl halides is 1. The van der Waals surface area contributed by atoms with Crippen molar-refractivity contribution >= 4 is 154 Å². The molecule has 1 heterocycles. The molecule has 100 heavy (non-hydrogen) atoms. The fourth-order valence-electron chi connectivity index (χ4n) is 7.94. The third kappa shape index (κ3) is 42.9. The topological polar surface area (TPSA) is 396 Å². The van der Waals surface area contributed by atoms with E-state index >= 15 is 0 Å². The number of nitrogens with two attached hydrogens (primary N) is 6. The van der Waals surface area contributed by atoms with Gasteiger partial charge in [0.05, 0.1) is 36.3 Å². The van der Waals surface area contributed by atoms with Crippen molar-refractivity contribution in [1.82, 2.24) is 5.32 Å². The number of benzene rings is 6. The molecule has 6 aromatic rings. The zero-order valence-electron chi connectivity index (χ0n) is 61.6. The van der Waals surface area contributed by atoms with E-state index in [-0.39, 0.29) is 116 Å². The van der Waals surface area contributed by atoms with Crippen LogP contribution in [0.1, 0.15) is 33.4 Å². The Morgan fingerprint density at radius 2 is 0.990 bits per heavy atom. The van der Waals surface area contributed by atoms with Gasteiger partial charge in [0, 0.05) is 181 Å². The molecular weight excluding hydrogens is 1650 g/mol. The molecule has 1 aliphatic heterocycles. The van der Waals surface area contributed by atoms with Crippen LogP contribution in [0, 0.1) is 79.9 Å². The van der Waals surface area contributed by atoms with Gasteiger partial charge in [-0.2, -0.15) is 8.42 Å². The number of guanidine groups is 1. The summed E-state index contributed by atoms with van der Waals surface area (Å²) in [6.45, 7) is 14.6. The molecule has 0 fully saturated rings. The van der Waals surface area contributed by atoms with Crippen molar-refractivity contribution in [2.75, 3.05) is 169 Å². The molecule has 0 aliphatic carbocycles. The summed E-state index contributed by atoms with van der Waals surface area (Å²) < 4.78 is 27.5. The van der Waals surface area contributed by atoms with Gasteiger partial charge >= 0.3 is 61.8 Å². The Bertz CT molecular complexity index is 3550. The minimum atomic E-state index is -3.66. The number of anilines is 9. The number of rotatable bonds is 13. The second kappa shape index (κ2) is 60.1. The van der Waals surface area contributed by atoms with E-state index in [1.807, 2.05) is 129 Å². The minimum Gasteiger partial charge on any atom is -1.00 e. The summed E-state index contributed by atoms with van der Waals surface area (Å²) in [4.78, 5) is 40.9. The number of thioether (sulfide) groups is 1. The molecule has 0 saturated heterocycles. The smallest absolute Gasteiger partial charge is 1.00 e. The van der Waals surface area contributed by atoms with Crippen molar-refractivity contribution in [3.05, 3.63) is 170 Å². The van der Waals surface area contributed by atoms with Crippen molar-refractivity contribution in [2.45, 2.75) is 41.5 Å². The molecular formula is C65H104I2KN19NiO8S4-2. The Morgan fingerprint density at radius 3 is 1.32 bits per heavy atom. The van der Waals surface area contributed by atoms with Gasteiger partial charge in [0.1, 0.15) is 0 Å². The van der Waals surface area contributed by atoms with E-state index in [0.717, 1.165) is 84.1 Å². The number of nitro groups is 2. The normalized spacial score (nSPS) is 10.0. The first kappa shape index (κ1) is 108. The van der Waals surface area contributed by atoms with Gasteiger partial charge in [-0.3, -0.25) is 33.6 Å².